The summed E-state index contributed by atoms with van der Waals surface area (Å²) in [5.41, 5.74) is 2.02. The van der Waals surface area contributed by atoms with Gasteiger partial charge in [0.15, 0.2) is 0 Å². The Morgan fingerprint density at radius 3 is 2.44 bits per heavy atom. The molecular formula is C34H43F5N6O5. The maximum atomic E-state index is 14.8. The Kier molecular flexibility index (Phi) is 11.4. The number of anilines is 2. The molecule has 2 aromatic carbocycles. The molecule has 16 heteroatoms. The number of nitrogen functional groups attached to an aromatic ring is 1. The molecule has 2 amide bonds. The van der Waals surface area contributed by atoms with E-state index in [2.05, 4.69) is 22.5 Å². The zero-order valence-electron chi connectivity index (χ0n) is 27.7. The summed E-state index contributed by atoms with van der Waals surface area (Å²) < 4.78 is 83.3. The number of piperidine rings is 2. The topological polar surface area (TPSA) is 141 Å². The molecule has 11 nitrogen and oxygen atoms in total. The van der Waals surface area contributed by atoms with Crippen LogP contribution in [0.15, 0.2) is 49.1 Å². The van der Waals surface area contributed by atoms with Gasteiger partial charge in [-0.25, -0.2) is 4.79 Å². The van der Waals surface area contributed by atoms with E-state index in [-0.39, 0.29) is 43.6 Å². The average Bonchev–Trinajstić information content (AvgIpc) is 3.08. The van der Waals surface area contributed by atoms with Crippen molar-refractivity contribution < 1.29 is 46.1 Å². The normalized spacial score (nSPS) is 19.7. The summed E-state index contributed by atoms with van der Waals surface area (Å²) in [6.45, 7) is 5.48. The van der Waals surface area contributed by atoms with Crippen LogP contribution >= 0.6 is 0 Å². The molecule has 0 radical (unpaired) electrons. The molecule has 5 rings (SSSR count). The number of likely N-dealkylation sites (N-methyl/N-ethyl adjacent to an activating group) is 1. The maximum Gasteiger partial charge on any atom is 0.418 e. The second-order valence-corrected chi connectivity index (χ2v) is 12.8. The number of nitrogens with two attached hydrogens (primary N) is 1. The molecule has 274 valence electrons. The highest BCUT2D eigenvalue weighted by molar-refractivity contribution is 5.88. The van der Waals surface area contributed by atoms with E-state index in [1.54, 1.807) is 12.1 Å². The molecule has 0 saturated carbocycles. The lowest BCUT2D eigenvalue weighted by atomic mass is 9.82. The lowest BCUT2D eigenvalue weighted by Crippen LogP contribution is -2.54. The Bertz CT molecular complexity index is 1540. The summed E-state index contributed by atoms with van der Waals surface area (Å²) in [6, 6.07) is 8.79. The number of nitrogens with zero attached hydrogens (tertiary/aromatic N) is 2. The lowest BCUT2D eigenvalue weighted by Gasteiger charge is -2.45. The third-order valence-electron chi connectivity index (χ3n) is 9.62. The van der Waals surface area contributed by atoms with E-state index in [0.717, 1.165) is 24.7 Å². The van der Waals surface area contributed by atoms with Gasteiger partial charge >= 0.3 is 12.3 Å². The number of aliphatic hydroxyl groups excluding tert-OH is 1. The second kappa shape index (κ2) is 15.2. The number of likely N-dealkylation sites (tertiary alicyclic amines) is 2. The van der Waals surface area contributed by atoms with Crippen LogP contribution in [0.25, 0.3) is 0 Å². The van der Waals surface area contributed by atoms with Crippen LogP contribution in [0.1, 0.15) is 47.9 Å². The third kappa shape index (κ3) is 8.20. The van der Waals surface area contributed by atoms with Crippen LogP contribution in [0.5, 0.6) is 0 Å². The van der Waals surface area contributed by atoms with Gasteiger partial charge in [0.1, 0.15) is 11.7 Å². The number of nitrogens with one attached hydrogen (secondary N) is 3. The number of benzene rings is 2. The van der Waals surface area contributed by atoms with E-state index >= 15 is 0 Å². The molecule has 3 aliphatic heterocycles. The number of rotatable bonds is 12. The smallest absolute Gasteiger partial charge is 0.418 e. The first kappa shape index (κ1) is 37.4. The van der Waals surface area contributed by atoms with Gasteiger partial charge < -0.3 is 35.8 Å². The summed E-state index contributed by atoms with van der Waals surface area (Å²) in [6.07, 6.45) is -7.53. The highest BCUT2D eigenvalue weighted by atomic mass is 19.4. The van der Waals surface area contributed by atoms with Crippen LogP contribution < -0.4 is 21.7 Å². The molecule has 0 bridgehead atoms. The molecule has 50 heavy (non-hydrogen) atoms. The van der Waals surface area contributed by atoms with Crippen molar-refractivity contribution >= 4 is 23.4 Å². The van der Waals surface area contributed by atoms with E-state index in [9.17, 15) is 36.6 Å². The van der Waals surface area contributed by atoms with Crippen molar-refractivity contribution in [3.8, 4) is 0 Å². The summed E-state index contributed by atoms with van der Waals surface area (Å²) >= 11 is 0. The number of para-hydroxylation sites is 1. The Morgan fingerprint density at radius 2 is 1.80 bits per heavy atom. The van der Waals surface area contributed by atoms with Crippen molar-refractivity contribution in [3.63, 3.8) is 0 Å². The van der Waals surface area contributed by atoms with E-state index in [4.69, 9.17) is 15.2 Å². The van der Waals surface area contributed by atoms with Gasteiger partial charge in [0, 0.05) is 75.7 Å². The van der Waals surface area contributed by atoms with Crippen molar-refractivity contribution in [1.29, 1.82) is 0 Å². The molecule has 2 atom stereocenters. The first-order valence-electron chi connectivity index (χ1n) is 16.5. The van der Waals surface area contributed by atoms with Crippen LogP contribution in [0.2, 0.25) is 0 Å². The number of halogens is 5. The number of amides is 2. The molecule has 6 N–H and O–H groups in total. The number of hydrogen-bond donors (Lipinski definition) is 5. The van der Waals surface area contributed by atoms with Gasteiger partial charge in [-0.15, -0.1) is 0 Å². The predicted octanol–water partition coefficient (Wildman–Crippen LogP) is 4.12. The summed E-state index contributed by atoms with van der Waals surface area (Å²) in [4.78, 5) is 29.3. The van der Waals surface area contributed by atoms with Gasteiger partial charge in [-0.3, -0.25) is 15.0 Å². The SMILES string of the molecule is C=CC(F)(F)c1cc(C[C@@H](OC(O)N2CCC3(CC2)OC(=O)Nc2ccccc23)C(=O)N2CCC(NCCNC)CC2)cc(C(F)(F)F)c1N. The van der Waals surface area contributed by atoms with Crippen LogP contribution in [-0.4, -0.2) is 91.8 Å². The zero-order valence-corrected chi connectivity index (χ0v) is 27.7. The molecule has 1 unspecified atom stereocenters. The number of aliphatic hydroxyl groups is 1. The fourth-order valence-electron chi connectivity index (χ4n) is 6.84. The largest absolute Gasteiger partial charge is 0.438 e. The summed E-state index contributed by atoms with van der Waals surface area (Å²) in [5, 5.41) is 20.4. The molecular weight excluding hydrogens is 667 g/mol. The van der Waals surface area contributed by atoms with Crippen LogP contribution in [-0.2, 0) is 38.4 Å². The van der Waals surface area contributed by atoms with Crippen molar-refractivity contribution in [2.45, 2.75) is 68.4 Å². The number of alkyl halides is 5. The summed E-state index contributed by atoms with van der Waals surface area (Å²) in [5.74, 6) is -4.50. The van der Waals surface area contributed by atoms with E-state index < -0.39 is 65.5 Å². The quantitative estimate of drug-likeness (QED) is 0.0724. The fraction of sp³-hybridized carbons (Fsp3) is 0.529. The molecule has 0 aromatic heterocycles. The molecule has 1 spiro atoms. The second-order valence-electron chi connectivity index (χ2n) is 12.8. The average molecular weight is 711 g/mol. The van der Waals surface area contributed by atoms with Crippen molar-refractivity contribution in [1.82, 2.24) is 20.4 Å². The molecule has 2 saturated heterocycles. The Hall–Kier alpha value is -3.83. The number of hydrogen-bond acceptors (Lipinski definition) is 9. The monoisotopic (exact) mass is 710 g/mol. The Morgan fingerprint density at radius 1 is 1.14 bits per heavy atom. The Labute approximate surface area is 286 Å². The Balaban J connectivity index is 1.38. The van der Waals surface area contributed by atoms with Gasteiger partial charge in [-0.2, -0.15) is 22.0 Å². The molecule has 2 aromatic rings. The first-order chi connectivity index (χ1) is 23.7. The van der Waals surface area contributed by atoms with Gasteiger partial charge in [0.2, 0.25) is 6.41 Å². The van der Waals surface area contributed by atoms with Crippen LogP contribution in [0, 0.1) is 0 Å². The molecule has 0 aliphatic carbocycles. The number of fused-ring (bicyclic) bond motifs is 2. The zero-order chi connectivity index (χ0) is 36.3. The van der Waals surface area contributed by atoms with Crippen LogP contribution in [0.3, 0.4) is 0 Å². The molecule has 3 aliphatic rings. The van der Waals surface area contributed by atoms with Gasteiger partial charge in [0.05, 0.1) is 16.9 Å². The minimum Gasteiger partial charge on any atom is -0.438 e. The molecule has 2 fully saturated rings. The van der Waals surface area contributed by atoms with Crippen molar-refractivity contribution in [2.24, 2.45) is 0 Å². The molecule has 3 heterocycles. The first-order valence-corrected chi connectivity index (χ1v) is 16.5. The predicted molar refractivity (Wildman–Crippen MR) is 175 cm³/mol. The van der Waals surface area contributed by atoms with E-state index in [1.165, 1.54) is 9.80 Å². The van der Waals surface area contributed by atoms with Crippen molar-refractivity contribution in [2.75, 3.05) is 57.4 Å². The number of allylic oxidation sites excluding steroid dienone is 1. The van der Waals surface area contributed by atoms with Gasteiger partial charge in [-0.1, -0.05) is 24.8 Å². The lowest BCUT2D eigenvalue weighted by molar-refractivity contribution is -0.231. The highest BCUT2D eigenvalue weighted by Crippen LogP contribution is 2.44. The van der Waals surface area contributed by atoms with Gasteiger partial charge in [-0.05, 0) is 49.7 Å². The van der Waals surface area contributed by atoms with Crippen molar-refractivity contribution in [3.05, 3.63) is 71.3 Å². The number of carbonyl (C=O) groups is 2. The van der Waals surface area contributed by atoms with Crippen LogP contribution in [0.4, 0.5) is 38.1 Å². The standard InChI is InChI=1S/C34H43F5N6O5/c1-3-33(35,36)24-18-21(19-25(28(24)40)34(37,38)39)20-27(29(46)44-14-8-22(9-15-44)42-13-12-41-2)49-31(48)45-16-10-32(11-17-45)23-6-4-5-7-26(23)43-30(47)50-32/h3-7,18-19,22,27,31,41-42,48H,1,8-17,20,40H2,2H3,(H,43,47)/t27-,31?/m1/s1. The summed E-state index contributed by atoms with van der Waals surface area (Å²) in [7, 11) is 1.83. The maximum absolute atomic E-state index is 14.8. The number of carbonyl (C=O) groups excluding carboxylic acids is 2. The van der Waals surface area contributed by atoms with Gasteiger partial charge in [0.25, 0.3) is 11.8 Å². The van der Waals surface area contributed by atoms with E-state index in [0.29, 0.717) is 37.7 Å². The number of ether oxygens (including phenoxy) is 2. The third-order valence-corrected chi connectivity index (χ3v) is 9.62. The minimum absolute atomic E-state index is 0.141. The van der Waals surface area contributed by atoms with E-state index in [1.807, 2.05) is 19.2 Å². The minimum atomic E-state index is -5.07. The highest BCUT2D eigenvalue weighted by Gasteiger charge is 2.46. The fourth-order valence-corrected chi connectivity index (χ4v) is 6.84.